The van der Waals surface area contributed by atoms with Crippen molar-refractivity contribution < 1.29 is 17.6 Å². The first-order valence-electron chi connectivity index (χ1n) is 9.38. The number of rotatable bonds is 6. The predicted molar refractivity (Wildman–Crippen MR) is 110 cm³/mol. The third-order valence-corrected chi connectivity index (χ3v) is 7.61. The predicted octanol–water partition coefficient (Wildman–Crippen LogP) is 3.26. The van der Waals surface area contributed by atoms with Gasteiger partial charge in [0.25, 0.3) is 0 Å². The second kappa shape index (κ2) is 8.48. The number of piperidine rings is 1. The molecule has 1 aromatic carbocycles. The highest BCUT2D eigenvalue weighted by molar-refractivity contribution is 7.89. The average Bonchev–Trinajstić information content (AvgIpc) is 3.44. The molecule has 0 spiro atoms. The lowest BCUT2D eigenvalue weighted by molar-refractivity contribution is -0.125. The van der Waals surface area contributed by atoms with Crippen LogP contribution in [0.3, 0.4) is 0 Å². The van der Waals surface area contributed by atoms with Crippen LogP contribution in [-0.4, -0.2) is 36.2 Å². The molecule has 1 aliphatic heterocycles. The SMILES string of the molecule is O=C(NCc1coc(-c2cccs2)n1)[C@H]1CCCCN1S(=O)(=O)c1ccccc1. The van der Waals surface area contributed by atoms with Crippen LogP contribution >= 0.6 is 11.3 Å². The van der Waals surface area contributed by atoms with Gasteiger partial charge in [-0.1, -0.05) is 30.7 Å². The van der Waals surface area contributed by atoms with Crippen LogP contribution in [0.15, 0.2) is 63.4 Å². The first-order valence-corrected chi connectivity index (χ1v) is 11.7. The fraction of sp³-hybridized carbons (Fsp3) is 0.300. The Labute approximate surface area is 173 Å². The summed E-state index contributed by atoms with van der Waals surface area (Å²) in [6.07, 6.45) is 3.56. The number of nitrogens with zero attached hydrogens (tertiary/aromatic N) is 2. The van der Waals surface area contributed by atoms with Crippen LogP contribution in [0, 0.1) is 0 Å². The third-order valence-electron chi connectivity index (χ3n) is 4.83. The Bertz CT molecular complexity index is 1060. The van der Waals surface area contributed by atoms with Crippen molar-refractivity contribution in [2.75, 3.05) is 6.54 Å². The first-order chi connectivity index (χ1) is 14.1. The van der Waals surface area contributed by atoms with Gasteiger partial charge in [0, 0.05) is 6.54 Å². The Morgan fingerprint density at radius 1 is 1.21 bits per heavy atom. The largest absolute Gasteiger partial charge is 0.443 e. The molecule has 0 saturated carbocycles. The number of hydrogen-bond acceptors (Lipinski definition) is 6. The Hall–Kier alpha value is -2.49. The van der Waals surface area contributed by atoms with Crippen LogP contribution in [0.25, 0.3) is 10.8 Å². The number of aromatic nitrogens is 1. The molecule has 7 nitrogen and oxygen atoms in total. The zero-order chi connectivity index (χ0) is 20.3. The van der Waals surface area contributed by atoms with E-state index in [1.54, 1.807) is 30.3 Å². The summed E-state index contributed by atoms with van der Waals surface area (Å²) in [4.78, 5) is 18.3. The molecule has 2 aromatic heterocycles. The molecule has 29 heavy (non-hydrogen) atoms. The molecule has 1 atom stereocenters. The summed E-state index contributed by atoms with van der Waals surface area (Å²) in [5, 5.41) is 4.75. The highest BCUT2D eigenvalue weighted by Gasteiger charge is 2.37. The topological polar surface area (TPSA) is 92.5 Å². The number of carbonyl (C=O) groups excluding carboxylic acids is 1. The molecule has 4 rings (SSSR count). The monoisotopic (exact) mass is 431 g/mol. The fourth-order valence-electron chi connectivity index (χ4n) is 3.38. The van der Waals surface area contributed by atoms with Crippen LogP contribution in [0.4, 0.5) is 0 Å². The molecule has 1 saturated heterocycles. The van der Waals surface area contributed by atoms with E-state index < -0.39 is 16.1 Å². The van der Waals surface area contributed by atoms with E-state index in [0.29, 0.717) is 24.6 Å². The molecule has 9 heteroatoms. The quantitative estimate of drug-likeness (QED) is 0.647. The molecule has 1 N–H and O–H groups in total. The molecule has 3 heterocycles. The summed E-state index contributed by atoms with van der Waals surface area (Å²) in [6.45, 7) is 0.519. The van der Waals surface area contributed by atoms with E-state index in [4.69, 9.17) is 4.42 Å². The molecule has 0 aliphatic carbocycles. The maximum absolute atomic E-state index is 13.0. The summed E-state index contributed by atoms with van der Waals surface area (Å²) < 4.78 is 32.8. The van der Waals surface area contributed by atoms with E-state index in [1.807, 2.05) is 17.5 Å². The minimum absolute atomic E-state index is 0.184. The molecule has 1 fully saturated rings. The van der Waals surface area contributed by atoms with Gasteiger partial charge in [-0.2, -0.15) is 4.31 Å². The fourth-order valence-corrected chi connectivity index (χ4v) is 5.71. The molecule has 0 unspecified atom stereocenters. The van der Waals surface area contributed by atoms with Gasteiger partial charge in [0.1, 0.15) is 12.3 Å². The van der Waals surface area contributed by atoms with Gasteiger partial charge in [0.05, 0.1) is 22.0 Å². The molecule has 0 radical (unpaired) electrons. The van der Waals surface area contributed by atoms with E-state index in [0.717, 1.165) is 17.7 Å². The number of benzene rings is 1. The number of oxazole rings is 1. The molecular weight excluding hydrogens is 410 g/mol. The zero-order valence-corrected chi connectivity index (χ0v) is 17.3. The summed E-state index contributed by atoms with van der Waals surface area (Å²) in [5.74, 6) is 0.195. The lowest BCUT2D eigenvalue weighted by Gasteiger charge is -2.33. The highest BCUT2D eigenvalue weighted by atomic mass is 32.2. The highest BCUT2D eigenvalue weighted by Crippen LogP contribution is 2.26. The van der Waals surface area contributed by atoms with Gasteiger partial charge in [0.2, 0.25) is 21.8 Å². The van der Waals surface area contributed by atoms with Gasteiger partial charge in [0.15, 0.2) is 0 Å². The van der Waals surface area contributed by atoms with Crippen LogP contribution in [-0.2, 0) is 21.4 Å². The average molecular weight is 432 g/mol. The Morgan fingerprint density at radius 3 is 2.79 bits per heavy atom. The van der Waals surface area contributed by atoms with Gasteiger partial charge in [-0.05, 0) is 36.4 Å². The summed E-state index contributed by atoms with van der Waals surface area (Å²) in [7, 11) is -3.72. The van der Waals surface area contributed by atoms with Crippen LogP contribution in [0.5, 0.6) is 0 Å². The Kier molecular flexibility index (Phi) is 5.79. The second-order valence-electron chi connectivity index (χ2n) is 6.78. The van der Waals surface area contributed by atoms with Crippen LogP contribution in [0.2, 0.25) is 0 Å². The van der Waals surface area contributed by atoms with E-state index in [-0.39, 0.29) is 17.3 Å². The van der Waals surface area contributed by atoms with E-state index in [9.17, 15) is 13.2 Å². The van der Waals surface area contributed by atoms with Crippen LogP contribution < -0.4 is 5.32 Å². The molecule has 152 valence electrons. The summed E-state index contributed by atoms with van der Waals surface area (Å²) >= 11 is 1.52. The van der Waals surface area contributed by atoms with Crippen molar-refractivity contribution in [2.45, 2.75) is 36.7 Å². The number of nitrogens with one attached hydrogen (secondary N) is 1. The van der Waals surface area contributed by atoms with E-state index >= 15 is 0 Å². The van der Waals surface area contributed by atoms with Crippen molar-refractivity contribution >= 4 is 27.3 Å². The maximum atomic E-state index is 13.0. The smallest absolute Gasteiger partial charge is 0.243 e. The van der Waals surface area contributed by atoms with Gasteiger partial charge in [-0.3, -0.25) is 4.79 Å². The van der Waals surface area contributed by atoms with Crippen LogP contribution in [0.1, 0.15) is 25.0 Å². The number of thiophene rings is 1. The number of carbonyl (C=O) groups is 1. The lowest BCUT2D eigenvalue weighted by atomic mass is 10.0. The Morgan fingerprint density at radius 2 is 2.03 bits per heavy atom. The number of sulfonamides is 1. The molecule has 0 bridgehead atoms. The van der Waals surface area contributed by atoms with Crippen molar-refractivity contribution in [1.29, 1.82) is 0 Å². The number of hydrogen-bond donors (Lipinski definition) is 1. The van der Waals surface area contributed by atoms with E-state index in [1.165, 1.54) is 21.9 Å². The second-order valence-corrected chi connectivity index (χ2v) is 9.62. The van der Waals surface area contributed by atoms with Gasteiger partial charge in [-0.25, -0.2) is 13.4 Å². The summed E-state index contributed by atoms with van der Waals surface area (Å²) in [6, 6.07) is 11.3. The summed E-state index contributed by atoms with van der Waals surface area (Å²) in [5.41, 5.74) is 0.593. The third kappa shape index (κ3) is 4.26. The van der Waals surface area contributed by atoms with Gasteiger partial charge in [-0.15, -0.1) is 11.3 Å². The van der Waals surface area contributed by atoms with Gasteiger partial charge < -0.3 is 9.73 Å². The molecule has 1 amide bonds. The van der Waals surface area contributed by atoms with Crippen molar-refractivity contribution in [3.05, 3.63) is 59.8 Å². The van der Waals surface area contributed by atoms with Crippen molar-refractivity contribution in [1.82, 2.24) is 14.6 Å². The standard InChI is InChI=1S/C20H21N3O4S2/c24-19(21-13-15-14-27-20(22-15)18-10-6-12-28-18)17-9-4-5-11-23(17)29(25,26)16-7-2-1-3-8-16/h1-3,6-8,10,12,14,17H,4-5,9,11,13H2,(H,21,24)/t17-/m1/s1. The molecular formula is C20H21N3O4S2. The minimum Gasteiger partial charge on any atom is -0.443 e. The van der Waals surface area contributed by atoms with Gasteiger partial charge >= 0.3 is 0 Å². The van der Waals surface area contributed by atoms with Crippen molar-refractivity contribution in [3.8, 4) is 10.8 Å². The Balaban J connectivity index is 1.45. The molecule has 3 aromatic rings. The van der Waals surface area contributed by atoms with Crippen molar-refractivity contribution in [3.63, 3.8) is 0 Å². The molecule has 1 aliphatic rings. The van der Waals surface area contributed by atoms with E-state index in [2.05, 4.69) is 10.3 Å². The normalized spacial score (nSPS) is 17.9. The van der Waals surface area contributed by atoms with Crippen molar-refractivity contribution in [2.24, 2.45) is 0 Å². The minimum atomic E-state index is -3.72. The number of amides is 1. The zero-order valence-electron chi connectivity index (χ0n) is 15.7. The maximum Gasteiger partial charge on any atom is 0.243 e. The lowest BCUT2D eigenvalue weighted by Crippen LogP contribution is -2.51. The first kappa shape index (κ1) is 19.8.